The van der Waals surface area contributed by atoms with Gasteiger partial charge in [-0.3, -0.25) is 14.4 Å². The number of benzene rings is 1. The maximum absolute atomic E-state index is 13.0. The van der Waals surface area contributed by atoms with Crippen molar-refractivity contribution in [3.63, 3.8) is 0 Å². The number of nitrogens with zero attached hydrogens (tertiary/aromatic N) is 4. The fourth-order valence-corrected chi connectivity index (χ4v) is 4.17. The second-order valence-electron chi connectivity index (χ2n) is 8.19. The van der Waals surface area contributed by atoms with Crippen LogP contribution in [-0.2, 0) is 9.59 Å². The van der Waals surface area contributed by atoms with Crippen LogP contribution < -0.4 is 0 Å². The highest BCUT2D eigenvalue weighted by atomic mass is 16.2. The number of hydrogen-bond acceptors (Lipinski definition) is 4. The summed E-state index contributed by atoms with van der Waals surface area (Å²) in [6.45, 7) is 6.01. The van der Waals surface area contributed by atoms with Crippen molar-refractivity contribution in [2.24, 2.45) is 5.92 Å². The predicted octanol–water partition coefficient (Wildman–Crippen LogP) is 1.78. The number of para-hydroxylation sites is 1. The molecule has 3 amide bonds. The van der Waals surface area contributed by atoms with Gasteiger partial charge in [0.05, 0.1) is 12.1 Å². The molecule has 2 fully saturated rings. The van der Waals surface area contributed by atoms with E-state index in [1.807, 2.05) is 44.2 Å². The van der Waals surface area contributed by atoms with Crippen molar-refractivity contribution in [1.29, 1.82) is 0 Å². The quantitative estimate of drug-likeness (QED) is 0.795. The molecule has 2 aromatic rings. The van der Waals surface area contributed by atoms with E-state index in [0.717, 1.165) is 10.9 Å². The lowest BCUT2D eigenvalue weighted by atomic mass is 10.1. The molecule has 0 radical (unpaired) electrons. The van der Waals surface area contributed by atoms with Crippen LogP contribution >= 0.6 is 0 Å². The molecular weight excluding hydrogens is 368 g/mol. The molecule has 0 N–H and O–H groups in total. The molecule has 1 aromatic carbocycles. The minimum atomic E-state index is -0.475. The first-order chi connectivity index (χ1) is 13.9. The SMILES string of the molecule is CC(C)CN1CC(=O)N2CCN(C(=O)c3ccc4ccccc4n3)CCC2C1=O. The Kier molecular flexibility index (Phi) is 5.22. The van der Waals surface area contributed by atoms with Gasteiger partial charge in [0.15, 0.2) is 0 Å². The van der Waals surface area contributed by atoms with Crippen LogP contribution in [0.15, 0.2) is 36.4 Å². The second kappa shape index (κ2) is 7.81. The first kappa shape index (κ1) is 19.4. The summed E-state index contributed by atoms with van der Waals surface area (Å²) in [5.41, 5.74) is 1.17. The molecule has 2 aliphatic heterocycles. The summed E-state index contributed by atoms with van der Waals surface area (Å²) in [4.78, 5) is 48.1. The average molecular weight is 394 g/mol. The first-order valence-electron chi connectivity index (χ1n) is 10.2. The number of piperazine rings is 1. The van der Waals surface area contributed by atoms with Gasteiger partial charge in [-0.05, 0) is 24.5 Å². The predicted molar refractivity (Wildman–Crippen MR) is 109 cm³/mol. The maximum atomic E-state index is 13.0. The van der Waals surface area contributed by atoms with Gasteiger partial charge in [0.25, 0.3) is 5.91 Å². The number of fused-ring (bicyclic) bond motifs is 2. The zero-order chi connectivity index (χ0) is 20.5. The zero-order valence-corrected chi connectivity index (χ0v) is 16.9. The Morgan fingerprint density at radius 3 is 2.69 bits per heavy atom. The summed E-state index contributed by atoms with van der Waals surface area (Å²) in [6.07, 6.45) is 0.457. The van der Waals surface area contributed by atoms with Crippen LogP contribution in [0.3, 0.4) is 0 Å². The Hall–Kier alpha value is -2.96. The lowest BCUT2D eigenvalue weighted by molar-refractivity contribution is -0.156. The van der Waals surface area contributed by atoms with Crippen LogP contribution in [-0.4, -0.2) is 76.2 Å². The van der Waals surface area contributed by atoms with Crippen LogP contribution in [0.25, 0.3) is 10.9 Å². The van der Waals surface area contributed by atoms with E-state index in [2.05, 4.69) is 4.98 Å². The molecule has 0 bridgehead atoms. The highest BCUT2D eigenvalue weighted by Gasteiger charge is 2.41. The highest BCUT2D eigenvalue weighted by Crippen LogP contribution is 2.21. The van der Waals surface area contributed by atoms with E-state index in [1.54, 1.807) is 20.8 Å². The minimum absolute atomic E-state index is 0.00331. The summed E-state index contributed by atoms with van der Waals surface area (Å²) >= 11 is 0. The summed E-state index contributed by atoms with van der Waals surface area (Å²) < 4.78 is 0. The molecule has 1 atom stereocenters. The lowest BCUT2D eigenvalue weighted by Crippen LogP contribution is -2.60. The molecule has 0 spiro atoms. The largest absolute Gasteiger partial charge is 0.335 e. The Morgan fingerprint density at radius 2 is 1.90 bits per heavy atom. The van der Waals surface area contributed by atoms with Crippen LogP contribution in [0.4, 0.5) is 0 Å². The van der Waals surface area contributed by atoms with Crippen LogP contribution in [0, 0.1) is 5.92 Å². The van der Waals surface area contributed by atoms with Gasteiger partial charge >= 0.3 is 0 Å². The van der Waals surface area contributed by atoms with Crippen molar-refractivity contribution >= 4 is 28.6 Å². The normalized spacial score (nSPS) is 20.2. The summed E-state index contributed by atoms with van der Waals surface area (Å²) in [7, 11) is 0. The Labute approximate surface area is 170 Å². The van der Waals surface area contributed by atoms with Crippen molar-refractivity contribution in [2.75, 3.05) is 32.7 Å². The van der Waals surface area contributed by atoms with Crippen LogP contribution in [0.5, 0.6) is 0 Å². The molecule has 152 valence electrons. The third-order valence-corrected chi connectivity index (χ3v) is 5.59. The number of amides is 3. The lowest BCUT2D eigenvalue weighted by Gasteiger charge is -2.39. The molecule has 29 heavy (non-hydrogen) atoms. The monoisotopic (exact) mass is 394 g/mol. The van der Waals surface area contributed by atoms with Gasteiger partial charge in [0.1, 0.15) is 11.7 Å². The molecule has 4 rings (SSSR count). The fourth-order valence-electron chi connectivity index (χ4n) is 4.17. The topological polar surface area (TPSA) is 73.8 Å². The van der Waals surface area contributed by atoms with E-state index >= 15 is 0 Å². The number of rotatable bonds is 3. The van der Waals surface area contributed by atoms with Crippen molar-refractivity contribution in [2.45, 2.75) is 26.3 Å². The Balaban J connectivity index is 1.51. The molecule has 7 heteroatoms. The minimum Gasteiger partial charge on any atom is -0.335 e. The van der Waals surface area contributed by atoms with Crippen molar-refractivity contribution < 1.29 is 14.4 Å². The molecular formula is C22H26N4O3. The van der Waals surface area contributed by atoms with E-state index < -0.39 is 6.04 Å². The van der Waals surface area contributed by atoms with Crippen molar-refractivity contribution in [3.05, 3.63) is 42.1 Å². The van der Waals surface area contributed by atoms with Crippen molar-refractivity contribution in [1.82, 2.24) is 19.7 Å². The van der Waals surface area contributed by atoms with Gasteiger partial charge in [-0.15, -0.1) is 0 Å². The summed E-state index contributed by atoms with van der Waals surface area (Å²) in [5.74, 6) is 0.112. The third-order valence-electron chi connectivity index (χ3n) is 5.59. The number of carbonyl (C=O) groups is 3. The van der Waals surface area contributed by atoms with E-state index in [4.69, 9.17) is 0 Å². The standard InChI is InChI=1S/C22H26N4O3/c1-15(2)13-25-14-20(27)26-12-11-24(10-9-19(26)22(25)29)21(28)18-8-7-16-5-3-4-6-17(16)23-18/h3-8,15,19H,9-14H2,1-2H3. The molecule has 7 nitrogen and oxygen atoms in total. The molecule has 2 saturated heterocycles. The van der Waals surface area contributed by atoms with Gasteiger partial charge in [-0.1, -0.05) is 38.1 Å². The van der Waals surface area contributed by atoms with Gasteiger partial charge in [-0.25, -0.2) is 4.98 Å². The van der Waals surface area contributed by atoms with E-state index in [0.29, 0.717) is 44.2 Å². The van der Waals surface area contributed by atoms with Gasteiger partial charge in [0, 0.05) is 31.6 Å². The molecule has 1 aromatic heterocycles. The van der Waals surface area contributed by atoms with E-state index in [-0.39, 0.29) is 24.3 Å². The van der Waals surface area contributed by atoms with Crippen molar-refractivity contribution in [3.8, 4) is 0 Å². The number of aromatic nitrogens is 1. The van der Waals surface area contributed by atoms with Gasteiger partial charge in [0.2, 0.25) is 11.8 Å². The third kappa shape index (κ3) is 3.81. The van der Waals surface area contributed by atoms with E-state index in [1.165, 1.54) is 0 Å². The van der Waals surface area contributed by atoms with Crippen LogP contribution in [0.1, 0.15) is 30.8 Å². The Morgan fingerprint density at radius 1 is 1.10 bits per heavy atom. The molecule has 1 unspecified atom stereocenters. The molecule has 0 saturated carbocycles. The number of pyridine rings is 1. The zero-order valence-electron chi connectivity index (χ0n) is 16.9. The van der Waals surface area contributed by atoms with E-state index in [9.17, 15) is 14.4 Å². The maximum Gasteiger partial charge on any atom is 0.272 e. The number of carbonyl (C=O) groups excluding carboxylic acids is 3. The summed E-state index contributed by atoms with van der Waals surface area (Å²) in [5, 5.41) is 0.985. The smallest absolute Gasteiger partial charge is 0.272 e. The first-order valence-corrected chi connectivity index (χ1v) is 10.2. The molecule has 2 aliphatic rings. The molecule has 3 heterocycles. The fraction of sp³-hybridized carbons (Fsp3) is 0.455. The Bertz CT molecular complexity index is 958. The summed E-state index contributed by atoms with van der Waals surface area (Å²) in [6, 6.07) is 10.8. The molecule has 0 aliphatic carbocycles. The number of hydrogen-bond donors (Lipinski definition) is 0. The second-order valence-corrected chi connectivity index (χ2v) is 8.19. The highest BCUT2D eigenvalue weighted by molar-refractivity contribution is 5.96. The van der Waals surface area contributed by atoms with Crippen LogP contribution in [0.2, 0.25) is 0 Å². The average Bonchev–Trinajstić information content (AvgIpc) is 2.94. The van der Waals surface area contributed by atoms with Gasteiger partial charge in [-0.2, -0.15) is 0 Å². The van der Waals surface area contributed by atoms with Gasteiger partial charge < -0.3 is 14.7 Å².